The Morgan fingerprint density at radius 2 is 1.89 bits per heavy atom. The first-order valence-corrected chi connectivity index (χ1v) is 11.2. The third-order valence-electron chi connectivity index (χ3n) is 5.83. The third-order valence-corrected chi connectivity index (χ3v) is 8.20. The summed E-state index contributed by atoms with van der Waals surface area (Å²) in [7, 11) is 3.87. The van der Waals surface area contributed by atoms with Crippen molar-refractivity contribution in [2.45, 2.75) is 11.3 Å². The van der Waals surface area contributed by atoms with Crippen LogP contribution in [0.1, 0.15) is 6.42 Å². The lowest BCUT2D eigenvalue weighted by Crippen LogP contribution is -2.52. The summed E-state index contributed by atoms with van der Waals surface area (Å²) in [6.07, 6.45) is 0.719. The van der Waals surface area contributed by atoms with Crippen LogP contribution in [0.2, 0.25) is 5.02 Å². The smallest absolute Gasteiger partial charge is 0.319 e. The molecule has 3 rings (SSSR count). The van der Waals surface area contributed by atoms with E-state index >= 15 is 0 Å². The number of carbonyl (C=O) groups is 1. The molecule has 0 spiro atoms. The topological polar surface area (TPSA) is 64.2 Å². The maximum atomic E-state index is 13.2. The second-order valence-corrected chi connectivity index (χ2v) is 10.7. The Hall–Kier alpha value is -1.35. The van der Waals surface area contributed by atoms with Crippen LogP contribution in [0.15, 0.2) is 29.2 Å². The number of amides is 2. The zero-order chi connectivity index (χ0) is 20.7. The number of hydrogen-bond donors (Lipinski definition) is 0. The molecular weight excluding hydrogens is 400 g/mol. The van der Waals surface area contributed by atoms with Gasteiger partial charge in [0.15, 0.2) is 0 Å². The Morgan fingerprint density at radius 3 is 2.50 bits per heavy atom. The SMILES string of the molecule is CN(C)C[C@]12CCN(S(=O)(=O)c3ccccc3Cl)C[C@H]1CN(C(=O)N(C)C)C2. The summed E-state index contributed by atoms with van der Waals surface area (Å²) in [5.41, 5.74) is -0.0956. The van der Waals surface area contributed by atoms with Gasteiger partial charge in [0.2, 0.25) is 10.0 Å². The molecule has 9 heteroatoms. The molecule has 0 unspecified atom stereocenters. The molecule has 0 bridgehead atoms. The van der Waals surface area contributed by atoms with Crippen LogP contribution in [0.25, 0.3) is 0 Å². The van der Waals surface area contributed by atoms with Crippen molar-refractivity contribution in [2.75, 3.05) is 60.9 Å². The van der Waals surface area contributed by atoms with E-state index in [1.54, 1.807) is 43.3 Å². The van der Waals surface area contributed by atoms with Gasteiger partial charge in [-0.05, 0) is 38.6 Å². The Labute approximate surface area is 172 Å². The predicted octanol–water partition coefficient (Wildman–Crippen LogP) is 1.90. The number of fused-ring (bicyclic) bond motifs is 1. The fourth-order valence-corrected chi connectivity index (χ4v) is 6.56. The molecule has 0 aromatic heterocycles. The first-order chi connectivity index (χ1) is 13.1. The van der Waals surface area contributed by atoms with Crippen molar-refractivity contribution in [1.82, 2.24) is 19.0 Å². The lowest BCUT2D eigenvalue weighted by Gasteiger charge is -2.44. The van der Waals surface area contributed by atoms with Crippen LogP contribution >= 0.6 is 11.6 Å². The van der Waals surface area contributed by atoms with Crippen molar-refractivity contribution >= 4 is 27.7 Å². The van der Waals surface area contributed by atoms with Gasteiger partial charge >= 0.3 is 6.03 Å². The van der Waals surface area contributed by atoms with E-state index in [4.69, 9.17) is 11.6 Å². The molecule has 2 amide bonds. The van der Waals surface area contributed by atoms with Gasteiger partial charge in [0.05, 0.1) is 5.02 Å². The predicted molar refractivity (Wildman–Crippen MR) is 110 cm³/mol. The fraction of sp³-hybridized carbons (Fsp3) is 0.632. The van der Waals surface area contributed by atoms with E-state index in [0.29, 0.717) is 26.2 Å². The number of halogens is 1. The second kappa shape index (κ2) is 7.82. The third kappa shape index (κ3) is 3.87. The molecule has 0 radical (unpaired) electrons. The Morgan fingerprint density at radius 1 is 1.21 bits per heavy atom. The molecule has 0 aliphatic carbocycles. The van der Waals surface area contributed by atoms with Gasteiger partial charge in [-0.3, -0.25) is 0 Å². The van der Waals surface area contributed by atoms with Crippen LogP contribution in [0.3, 0.4) is 0 Å². The molecule has 7 nitrogen and oxygen atoms in total. The van der Waals surface area contributed by atoms with Crippen molar-refractivity contribution in [3.63, 3.8) is 0 Å². The molecular formula is C19H29ClN4O3S. The lowest BCUT2D eigenvalue weighted by atomic mass is 9.73. The molecule has 28 heavy (non-hydrogen) atoms. The highest BCUT2D eigenvalue weighted by Gasteiger charge is 2.52. The van der Waals surface area contributed by atoms with Gasteiger partial charge in [-0.15, -0.1) is 0 Å². The van der Waals surface area contributed by atoms with Crippen molar-refractivity contribution in [3.8, 4) is 0 Å². The summed E-state index contributed by atoms with van der Waals surface area (Å²) in [6.45, 7) is 2.89. The average molecular weight is 429 g/mol. The molecule has 2 saturated heterocycles. The highest BCUT2D eigenvalue weighted by Crippen LogP contribution is 2.45. The molecule has 2 heterocycles. The largest absolute Gasteiger partial charge is 0.331 e. The van der Waals surface area contributed by atoms with Crippen LogP contribution in [0.5, 0.6) is 0 Å². The van der Waals surface area contributed by atoms with E-state index < -0.39 is 10.0 Å². The van der Waals surface area contributed by atoms with Gasteiger partial charge in [-0.2, -0.15) is 4.31 Å². The number of hydrogen-bond acceptors (Lipinski definition) is 4. The second-order valence-electron chi connectivity index (χ2n) is 8.40. The van der Waals surface area contributed by atoms with Gasteiger partial charge in [0.25, 0.3) is 0 Å². The highest BCUT2D eigenvalue weighted by molar-refractivity contribution is 7.89. The molecule has 2 atom stereocenters. The van der Waals surface area contributed by atoms with E-state index in [-0.39, 0.29) is 27.3 Å². The number of benzene rings is 1. The van der Waals surface area contributed by atoms with E-state index in [9.17, 15) is 13.2 Å². The maximum Gasteiger partial charge on any atom is 0.319 e. The Balaban J connectivity index is 1.87. The lowest BCUT2D eigenvalue weighted by molar-refractivity contribution is 0.0814. The number of urea groups is 1. The van der Waals surface area contributed by atoms with Crippen molar-refractivity contribution in [1.29, 1.82) is 0 Å². The summed E-state index contributed by atoms with van der Waals surface area (Å²) >= 11 is 6.16. The summed E-state index contributed by atoms with van der Waals surface area (Å²) < 4.78 is 27.9. The van der Waals surface area contributed by atoms with E-state index in [0.717, 1.165) is 13.0 Å². The van der Waals surface area contributed by atoms with E-state index in [1.165, 1.54) is 4.31 Å². The Kier molecular flexibility index (Phi) is 5.96. The maximum absolute atomic E-state index is 13.2. The molecule has 156 valence electrons. The van der Waals surface area contributed by atoms with Gasteiger partial charge < -0.3 is 14.7 Å². The van der Waals surface area contributed by atoms with Gasteiger partial charge in [-0.25, -0.2) is 13.2 Å². The van der Waals surface area contributed by atoms with E-state index in [1.807, 2.05) is 19.0 Å². The summed E-state index contributed by atoms with van der Waals surface area (Å²) in [4.78, 5) is 18.3. The summed E-state index contributed by atoms with van der Waals surface area (Å²) in [5, 5.41) is 0.239. The number of likely N-dealkylation sites (tertiary alicyclic amines) is 1. The van der Waals surface area contributed by atoms with Crippen LogP contribution in [-0.2, 0) is 10.0 Å². The highest BCUT2D eigenvalue weighted by atomic mass is 35.5. The van der Waals surface area contributed by atoms with Gasteiger partial charge in [-0.1, -0.05) is 23.7 Å². The molecule has 2 fully saturated rings. The van der Waals surface area contributed by atoms with Crippen LogP contribution < -0.4 is 0 Å². The first-order valence-electron chi connectivity index (χ1n) is 9.42. The van der Waals surface area contributed by atoms with Gasteiger partial charge in [0.1, 0.15) is 4.90 Å². The standard InChI is InChI=1S/C19H29ClN4O3S/c1-21(2)13-19-9-10-24(28(26,27)17-8-6-5-7-16(17)20)12-15(19)11-23(14-19)18(25)22(3)4/h5-8,15H,9-14H2,1-4H3/t15-,19+/m1/s1. The zero-order valence-corrected chi connectivity index (χ0v) is 18.5. The van der Waals surface area contributed by atoms with Crippen molar-refractivity contribution < 1.29 is 13.2 Å². The van der Waals surface area contributed by atoms with Gasteiger partial charge in [0, 0.05) is 52.2 Å². The molecule has 1 aromatic rings. The number of sulfonamides is 1. The van der Waals surface area contributed by atoms with Crippen molar-refractivity contribution in [2.24, 2.45) is 11.3 Å². The van der Waals surface area contributed by atoms with Crippen LogP contribution in [0, 0.1) is 11.3 Å². The van der Waals surface area contributed by atoms with Crippen molar-refractivity contribution in [3.05, 3.63) is 29.3 Å². The molecule has 1 aromatic carbocycles. The van der Waals surface area contributed by atoms with Crippen LogP contribution in [0.4, 0.5) is 4.79 Å². The minimum atomic E-state index is -3.67. The molecule has 0 saturated carbocycles. The minimum absolute atomic E-state index is 0.0203. The fourth-order valence-electron chi connectivity index (χ4n) is 4.58. The zero-order valence-electron chi connectivity index (χ0n) is 16.9. The van der Waals surface area contributed by atoms with E-state index in [2.05, 4.69) is 4.90 Å². The normalized spacial score (nSPS) is 25.8. The number of carbonyl (C=O) groups excluding carboxylic acids is 1. The van der Waals surface area contributed by atoms with Crippen LogP contribution in [-0.4, -0.2) is 94.4 Å². The minimum Gasteiger partial charge on any atom is -0.331 e. The molecule has 0 N–H and O–H groups in total. The molecule has 2 aliphatic rings. The molecule has 2 aliphatic heterocycles. The number of rotatable bonds is 4. The first kappa shape index (κ1) is 21.4. The number of piperidine rings is 1. The monoisotopic (exact) mass is 428 g/mol. The summed E-state index contributed by atoms with van der Waals surface area (Å²) in [6, 6.07) is 6.54. The number of nitrogens with zero attached hydrogens (tertiary/aromatic N) is 4. The average Bonchev–Trinajstić information content (AvgIpc) is 2.98. The Bertz CT molecular complexity index is 845. The quantitative estimate of drug-likeness (QED) is 0.734. The summed E-state index contributed by atoms with van der Waals surface area (Å²) in [5.74, 6) is 0.0878.